The van der Waals surface area contributed by atoms with Crippen LogP contribution >= 0.6 is 23.5 Å². The van der Waals surface area contributed by atoms with E-state index >= 15 is 0 Å². The van der Waals surface area contributed by atoms with Crippen molar-refractivity contribution in [3.63, 3.8) is 0 Å². The van der Waals surface area contributed by atoms with Crippen LogP contribution in [-0.4, -0.2) is 22.5 Å². The Morgan fingerprint density at radius 1 is 1.19 bits per heavy atom. The van der Waals surface area contributed by atoms with Gasteiger partial charge in [-0.2, -0.15) is 23.5 Å². The van der Waals surface area contributed by atoms with Gasteiger partial charge in [0.1, 0.15) is 11.6 Å². The number of halogens is 2. The number of rotatable bonds is 2. The Hall–Kier alpha value is -0.260. The molecule has 1 aromatic rings. The molecule has 1 aliphatic rings. The number of hydrogen-bond acceptors (Lipinski definition) is 3. The molecule has 1 nitrogen and oxygen atoms in total. The van der Waals surface area contributed by atoms with E-state index in [2.05, 4.69) is 0 Å². The summed E-state index contributed by atoms with van der Waals surface area (Å²) in [7, 11) is 0. The van der Waals surface area contributed by atoms with E-state index in [1.165, 1.54) is 12.1 Å². The maximum atomic E-state index is 13.0. The van der Waals surface area contributed by atoms with Crippen molar-refractivity contribution in [2.45, 2.75) is 11.3 Å². The molecule has 16 heavy (non-hydrogen) atoms. The monoisotopic (exact) mass is 261 g/mol. The summed E-state index contributed by atoms with van der Waals surface area (Å²) < 4.78 is 26.1. The minimum absolute atomic E-state index is 0.250. The van der Waals surface area contributed by atoms with Gasteiger partial charge in [0.15, 0.2) is 0 Å². The number of nitrogens with two attached hydrogens (primary N) is 1. The summed E-state index contributed by atoms with van der Waals surface area (Å²) in [4.78, 5) is 0. The van der Waals surface area contributed by atoms with Crippen LogP contribution in [0.15, 0.2) is 18.2 Å². The third-order valence-electron chi connectivity index (χ3n) is 2.51. The van der Waals surface area contributed by atoms with E-state index in [0.29, 0.717) is 5.56 Å². The topological polar surface area (TPSA) is 26.0 Å². The molecule has 2 atom stereocenters. The van der Waals surface area contributed by atoms with Crippen molar-refractivity contribution < 1.29 is 8.78 Å². The zero-order valence-corrected chi connectivity index (χ0v) is 10.3. The fourth-order valence-corrected chi connectivity index (χ4v) is 4.50. The molecule has 1 fully saturated rings. The highest BCUT2D eigenvalue weighted by Crippen LogP contribution is 2.32. The second kappa shape index (κ2) is 5.38. The van der Waals surface area contributed by atoms with Gasteiger partial charge >= 0.3 is 0 Å². The van der Waals surface area contributed by atoms with Gasteiger partial charge in [-0.1, -0.05) is 0 Å². The predicted molar refractivity (Wildman–Crippen MR) is 66.9 cm³/mol. The summed E-state index contributed by atoms with van der Waals surface area (Å²) in [6, 6.07) is 3.24. The van der Waals surface area contributed by atoms with E-state index in [-0.39, 0.29) is 11.3 Å². The fraction of sp³-hybridized carbons (Fsp3) is 0.455. The maximum Gasteiger partial charge on any atom is 0.126 e. The van der Waals surface area contributed by atoms with Gasteiger partial charge in [-0.15, -0.1) is 0 Å². The first-order chi connectivity index (χ1) is 7.66. The standard InChI is InChI=1S/C11H13F2NS2/c12-8-3-7(4-9(13)5-8)11(14)10-6-15-1-2-16-10/h3-5,10-11H,1-2,6,14H2. The molecule has 0 aliphatic carbocycles. The quantitative estimate of drug-likeness (QED) is 0.886. The van der Waals surface area contributed by atoms with Crippen LogP contribution in [-0.2, 0) is 0 Å². The molecule has 2 unspecified atom stereocenters. The lowest BCUT2D eigenvalue weighted by molar-refractivity contribution is 0.573. The predicted octanol–water partition coefficient (Wildman–Crippen LogP) is 2.81. The normalized spacial score (nSPS) is 23.1. The molecule has 1 heterocycles. The van der Waals surface area contributed by atoms with E-state index in [1.54, 1.807) is 11.8 Å². The average Bonchev–Trinajstić information content (AvgIpc) is 2.28. The van der Waals surface area contributed by atoms with Crippen LogP contribution in [0.4, 0.5) is 8.78 Å². The molecular formula is C11H13F2NS2. The van der Waals surface area contributed by atoms with Crippen molar-refractivity contribution in [3.05, 3.63) is 35.4 Å². The van der Waals surface area contributed by atoms with Gasteiger partial charge in [-0.3, -0.25) is 0 Å². The third-order valence-corrected chi connectivity index (χ3v) is 5.40. The van der Waals surface area contributed by atoms with E-state index < -0.39 is 11.6 Å². The molecular weight excluding hydrogens is 248 g/mol. The molecule has 0 saturated carbocycles. The van der Waals surface area contributed by atoms with Crippen LogP contribution in [0.2, 0.25) is 0 Å². The van der Waals surface area contributed by atoms with Gasteiger partial charge in [-0.25, -0.2) is 8.78 Å². The number of benzene rings is 1. The first kappa shape index (κ1) is 12.2. The third kappa shape index (κ3) is 2.90. The van der Waals surface area contributed by atoms with Gasteiger partial charge in [-0.05, 0) is 17.7 Å². The molecule has 2 rings (SSSR count). The van der Waals surface area contributed by atoms with Crippen LogP contribution < -0.4 is 5.73 Å². The summed E-state index contributed by atoms with van der Waals surface area (Å²) in [6.45, 7) is 0. The lowest BCUT2D eigenvalue weighted by Crippen LogP contribution is -2.28. The highest BCUT2D eigenvalue weighted by atomic mass is 32.2. The molecule has 5 heteroatoms. The second-order valence-electron chi connectivity index (χ2n) is 3.71. The molecule has 1 aliphatic heterocycles. The van der Waals surface area contributed by atoms with Crippen LogP contribution in [0.3, 0.4) is 0 Å². The van der Waals surface area contributed by atoms with Crippen molar-refractivity contribution in [3.8, 4) is 0 Å². The number of hydrogen-bond donors (Lipinski definition) is 1. The van der Waals surface area contributed by atoms with Crippen molar-refractivity contribution >= 4 is 23.5 Å². The smallest absolute Gasteiger partial charge is 0.126 e. The molecule has 1 saturated heterocycles. The van der Waals surface area contributed by atoms with Crippen molar-refractivity contribution in [2.24, 2.45) is 5.73 Å². The fourth-order valence-electron chi connectivity index (χ4n) is 1.70. The van der Waals surface area contributed by atoms with Gasteiger partial charge in [0.05, 0.1) is 0 Å². The molecule has 1 aromatic carbocycles. The van der Waals surface area contributed by atoms with E-state index in [1.807, 2.05) is 11.8 Å². The zero-order chi connectivity index (χ0) is 11.5. The first-order valence-electron chi connectivity index (χ1n) is 5.08. The molecule has 0 bridgehead atoms. The highest BCUT2D eigenvalue weighted by molar-refractivity contribution is 8.06. The van der Waals surface area contributed by atoms with Crippen LogP contribution in [0.25, 0.3) is 0 Å². The van der Waals surface area contributed by atoms with E-state index in [9.17, 15) is 8.78 Å². The van der Waals surface area contributed by atoms with Gasteiger partial charge < -0.3 is 5.73 Å². The molecule has 0 spiro atoms. The Labute approximate surface area is 102 Å². The molecule has 2 N–H and O–H groups in total. The summed E-state index contributed by atoms with van der Waals surface area (Å²) in [5.74, 6) is 2.02. The van der Waals surface area contributed by atoms with Gasteiger partial charge in [0.25, 0.3) is 0 Å². The highest BCUT2D eigenvalue weighted by Gasteiger charge is 2.23. The molecule has 0 amide bonds. The molecule has 88 valence electrons. The summed E-state index contributed by atoms with van der Waals surface area (Å²) in [5, 5.41) is 0.250. The van der Waals surface area contributed by atoms with Crippen LogP contribution in [0, 0.1) is 11.6 Å². The lowest BCUT2D eigenvalue weighted by Gasteiger charge is -2.27. The Balaban J connectivity index is 2.15. The summed E-state index contributed by atoms with van der Waals surface area (Å²) in [5.41, 5.74) is 6.59. The molecule has 0 radical (unpaired) electrons. The Morgan fingerprint density at radius 3 is 2.44 bits per heavy atom. The summed E-state index contributed by atoms with van der Waals surface area (Å²) >= 11 is 3.63. The number of thioether (sulfide) groups is 2. The minimum Gasteiger partial charge on any atom is -0.323 e. The first-order valence-corrected chi connectivity index (χ1v) is 7.28. The minimum atomic E-state index is -0.557. The van der Waals surface area contributed by atoms with Gasteiger partial charge in [0.2, 0.25) is 0 Å². The van der Waals surface area contributed by atoms with Crippen molar-refractivity contribution in [2.75, 3.05) is 17.3 Å². The van der Waals surface area contributed by atoms with Crippen LogP contribution in [0.1, 0.15) is 11.6 Å². The Bertz CT molecular complexity index is 347. The summed E-state index contributed by atoms with van der Waals surface area (Å²) in [6.07, 6.45) is 0. The Kier molecular flexibility index (Phi) is 4.10. The SMILES string of the molecule is NC(c1cc(F)cc(F)c1)C1CSCCS1. The largest absolute Gasteiger partial charge is 0.323 e. The average molecular weight is 261 g/mol. The van der Waals surface area contributed by atoms with Gasteiger partial charge in [0, 0.05) is 34.6 Å². The second-order valence-corrected chi connectivity index (χ2v) is 6.21. The van der Waals surface area contributed by atoms with Crippen LogP contribution in [0.5, 0.6) is 0 Å². The Morgan fingerprint density at radius 2 is 1.88 bits per heavy atom. The lowest BCUT2D eigenvalue weighted by atomic mass is 10.0. The zero-order valence-electron chi connectivity index (χ0n) is 8.66. The molecule has 0 aromatic heterocycles. The van der Waals surface area contributed by atoms with Crippen molar-refractivity contribution in [1.82, 2.24) is 0 Å². The van der Waals surface area contributed by atoms with E-state index in [4.69, 9.17) is 5.73 Å². The van der Waals surface area contributed by atoms with E-state index in [0.717, 1.165) is 23.3 Å². The van der Waals surface area contributed by atoms with Crippen molar-refractivity contribution in [1.29, 1.82) is 0 Å². The maximum absolute atomic E-state index is 13.0.